The lowest BCUT2D eigenvalue weighted by atomic mass is 9.89. The van der Waals surface area contributed by atoms with Gasteiger partial charge in [0.1, 0.15) is 5.54 Å². The van der Waals surface area contributed by atoms with Gasteiger partial charge in [-0.1, -0.05) is 30.1 Å². The number of hydrogen-bond acceptors (Lipinski definition) is 4. The average Bonchev–Trinajstić information content (AvgIpc) is 2.88. The summed E-state index contributed by atoms with van der Waals surface area (Å²) >= 11 is 12.0. The molecule has 2 aliphatic heterocycles. The number of benzene rings is 1. The molecule has 146 valence electrons. The van der Waals surface area contributed by atoms with E-state index in [0.29, 0.717) is 36.2 Å². The lowest BCUT2D eigenvalue weighted by Crippen LogP contribution is -2.52. The third-order valence-electron chi connectivity index (χ3n) is 5.11. The maximum Gasteiger partial charge on any atom is 0.322 e. The van der Waals surface area contributed by atoms with Gasteiger partial charge in [-0.3, -0.25) is 14.9 Å². The van der Waals surface area contributed by atoms with Crippen LogP contribution in [0.2, 0.25) is 10.0 Å². The van der Waals surface area contributed by atoms with Crippen molar-refractivity contribution in [2.24, 2.45) is 5.92 Å². The van der Waals surface area contributed by atoms with Gasteiger partial charge in [0.15, 0.2) is 0 Å². The molecule has 2 saturated heterocycles. The van der Waals surface area contributed by atoms with Crippen molar-refractivity contribution in [3.05, 3.63) is 28.2 Å². The van der Waals surface area contributed by atoms with Crippen LogP contribution in [0.15, 0.2) is 18.2 Å². The minimum absolute atomic E-state index is 0.0148. The molecule has 0 aliphatic carbocycles. The number of nitrogens with one attached hydrogen (secondary N) is 2. The SMILES string of the molecule is CC(CC1(C)NC(=O)NC1=O)C(=O)N1CCN(c2ccc(Cl)c(Cl)c2)CC1. The Morgan fingerprint density at radius 2 is 1.85 bits per heavy atom. The molecule has 0 saturated carbocycles. The van der Waals surface area contributed by atoms with Crippen molar-refractivity contribution >= 4 is 46.7 Å². The van der Waals surface area contributed by atoms with Crippen molar-refractivity contribution in [1.29, 1.82) is 0 Å². The molecule has 2 aliphatic rings. The van der Waals surface area contributed by atoms with Crippen molar-refractivity contribution in [3.8, 4) is 0 Å². The summed E-state index contributed by atoms with van der Waals surface area (Å²) < 4.78 is 0. The van der Waals surface area contributed by atoms with E-state index in [1.807, 2.05) is 12.1 Å². The zero-order valence-electron chi connectivity index (χ0n) is 15.2. The van der Waals surface area contributed by atoms with E-state index in [-0.39, 0.29) is 18.2 Å². The Morgan fingerprint density at radius 3 is 2.41 bits per heavy atom. The first kappa shape index (κ1) is 19.8. The van der Waals surface area contributed by atoms with Crippen LogP contribution in [0.4, 0.5) is 10.5 Å². The predicted molar refractivity (Wildman–Crippen MR) is 104 cm³/mol. The summed E-state index contributed by atoms with van der Waals surface area (Å²) in [5.74, 6) is -0.786. The van der Waals surface area contributed by atoms with Crippen molar-refractivity contribution in [3.63, 3.8) is 0 Å². The number of hydrogen-bond donors (Lipinski definition) is 2. The highest BCUT2D eigenvalue weighted by Crippen LogP contribution is 2.28. The fourth-order valence-corrected chi connectivity index (χ4v) is 3.89. The molecule has 2 atom stereocenters. The number of amides is 4. The summed E-state index contributed by atoms with van der Waals surface area (Å²) in [6, 6.07) is 4.99. The van der Waals surface area contributed by atoms with Crippen LogP contribution in [0.25, 0.3) is 0 Å². The Bertz CT molecular complexity index is 780. The molecule has 2 N–H and O–H groups in total. The van der Waals surface area contributed by atoms with E-state index in [2.05, 4.69) is 15.5 Å². The molecule has 2 unspecified atom stereocenters. The molecule has 2 fully saturated rings. The molecule has 1 aromatic rings. The number of piperazine rings is 1. The van der Waals surface area contributed by atoms with Crippen LogP contribution in [0.1, 0.15) is 20.3 Å². The van der Waals surface area contributed by atoms with Gasteiger partial charge in [-0.2, -0.15) is 0 Å². The molecule has 2 heterocycles. The van der Waals surface area contributed by atoms with Crippen molar-refractivity contribution < 1.29 is 14.4 Å². The van der Waals surface area contributed by atoms with Gasteiger partial charge >= 0.3 is 6.03 Å². The summed E-state index contributed by atoms with van der Waals surface area (Å²) in [6.45, 7) is 5.96. The second-order valence-corrected chi connectivity index (χ2v) is 8.07. The smallest absolute Gasteiger partial charge is 0.322 e. The van der Waals surface area contributed by atoms with E-state index >= 15 is 0 Å². The summed E-state index contributed by atoms with van der Waals surface area (Å²) in [7, 11) is 0. The summed E-state index contributed by atoms with van der Waals surface area (Å²) in [4.78, 5) is 40.1. The normalized spacial score (nSPS) is 23.9. The largest absolute Gasteiger partial charge is 0.368 e. The molecule has 0 spiro atoms. The maximum atomic E-state index is 12.8. The highest BCUT2D eigenvalue weighted by molar-refractivity contribution is 6.42. The lowest BCUT2D eigenvalue weighted by Gasteiger charge is -2.38. The first-order valence-corrected chi connectivity index (χ1v) is 9.57. The van der Waals surface area contributed by atoms with E-state index in [4.69, 9.17) is 23.2 Å². The van der Waals surface area contributed by atoms with Gasteiger partial charge < -0.3 is 15.1 Å². The van der Waals surface area contributed by atoms with E-state index in [9.17, 15) is 14.4 Å². The van der Waals surface area contributed by atoms with Crippen molar-refractivity contribution in [2.45, 2.75) is 25.8 Å². The summed E-state index contributed by atoms with van der Waals surface area (Å²) in [5, 5.41) is 5.85. The van der Waals surface area contributed by atoms with Gasteiger partial charge in [0, 0.05) is 37.8 Å². The fraction of sp³-hybridized carbons (Fsp3) is 0.500. The lowest BCUT2D eigenvalue weighted by molar-refractivity contribution is -0.136. The van der Waals surface area contributed by atoms with Crippen LogP contribution in [-0.4, -0.2) is 54.5 Å². The van der Waals surface area contributed by atoms with Gasteiger partial charge in [0.25, 0.3) is 5.91 Å². The summed E-state index contributed by atoms with van der Waals surface area (Å²) in [6.07, 6.45) is 0.260. The number of imide groups is 1. The minimum Gasteiger partial charge on any atom is -0.368 e. The zero-order chi connectivity index (χ0) is 19.8. The number of halogens is 2. The number of anilines is 1. The Kier molecular flexibility index (Phi) is 5.53. The standard InChI is InChI=1S/C18H22Cl2N4O3/c1-11(10-18(2)16(26)21-17(27)22-18)15(25)24-7-5-23(6-8-24)12-3-4-13(19)14(20)9-12/h3-4,9,11H,5-8,10H2,1-2H3,(H2,21,22,26,27). The van der Waals surface area contributed by atoms with Gasteiger partial charge in [0.2, 0.25) is 5.91 Å². The number of carbonyl (C=O) groups is 3. The van der Waals surface area contributed by atoms with E-state index in [0.717, 1.165) is 5.69 Å². The Hall–Kier alpha value is -1.99. The zero-order valence-corrected chi connectivity index (χ0v) is 16.7. The molecule has 1 aromatic carbocycles. The monoisotopic (exact) mass is 412 g/mol. The van der Waals surface area contributed by atoms with E-state index < -0.39 is 17.5 Å². The molecule has 0 bridgehead atoms. The second-order valence-electron chi connectivity index (χ2n) is 7.26. The number of rotatable bonds is 4. The predicted octanol–water partition coefficient (Wildman–Crippen LogP) is 2.27. The Morgan fingerprint density at radius 1 is 1.19 bits per heavy atom. The van der Waals surface area contributed by atoms with Crippen LogP contribution >= 0.6 is 23.2 Å². The van der Waals surface area contributed by atoms with Crippen LogP contribution in [0.5, 0.6) is 0 Å². The topological polar surface area (TPSA) is 81.8 Å². The molecule has 0 aromatic heterocycles. The van der Waals surface area contributed by atoms with E-state index in [1.165, 1.54) is 0 Å². The highest BCUT2D eigenvalue weighted by atomic mass is 35.5. The van der Waals surface area contributed by atoms with Crippen molar-refractivity contribution in [1.82, 2.24) is 15.5 Å². The highest BCUT2D eigenvalue weighted by Gasteiger charge is 2.44. The Balaban J connectivity index is 1.57. The van der Waals surface area contributed by atoms with Crippen LogP contribution in [0.3, 0.4) is 0 Å². The van der Waals surface area contributed by atoms with Gasteiger partial charge in [-0.05, 0) is 31.5 Å². The summed E-state index contributed by atoms with van der Waals surface area (Å²) in [5.41, 5.74) is -0.0731. The third kappa shape index (κ3) is 4.14. The van der Waals surface area contributed by atoms with Gasteiger partial charge in [-0.15, -0.1) is 0 Å². The van der Waals surface area contributed by atoms with Crippen LogP contribution in [-0.2, 0) is 9.59 Å². The number of carbonyl (C=O) groups excluding carboxylic acids is 3. The first-order chi connectivity index (χ1) is 12.7. The average molecular weight is 413 g/mol. The molecule has 0 radical (unpaired) electrons. The quantitative estimate of drug-likeness (QED) is 0.743. The first-order valence-electron chi connectivity index (χ1n) is 8.82. The maximum absolute atomic E-state index is 12.8. The molecule has 7 nitrogen and oxygen atoms in total. The van der Waals surface area contributed by atoms with E-state index in [1.54, 1.807) is 24.8 Å². The van der Waals surface area contributed by atoms with Gasteiger partial charge in [-0.25, -0.2) is 4.79 Å². The Labute approximate surface area is 168 Å². The van der Waals surface area contributed by atoms with Crippen LogP contribution < -0.4 is 15.5 Å². The fourth-order valence-electron chi connectivity index (χ4n) is 3.60. The van der Waals surface area contributed by atoms with Crippen molar-refractivity contribution in [2.75, 3.05) is 31.1 Å². The number of urea groups is 1. The molecule has 9 heteroatoms. The number of nitrogens with zero attached hydrogens (tertiary/aromatic N) is 2. The second kappa shape index (κ2) is 7.56. The molecule has 27 heavy (non-hydrogen) atoms. The minimum atomic E-state index is -1.05. The molecular formula is C18H22Cl2N4O3. The molecule has 4 amide bonds. The third-order valence-corrected chi connectivity index (χ3v) is 5.85. The molecule has 3 rings (SSSR count). The van der Waals surface area contributed by atoms with Gasteiger partial charge in [0.05, 0.1) is 10.0 Å². The molecular weight excluding hydrogens is 391 g/mol. The van der Waals surface area contributed by atoms with Crippen LogP contribution in [0, 0.1) is 5.92 Å².